The summed E-state index contributed by atoms with van der Waals surface area (Å²) in [4.78, 5) is 15.9. The minimum absolute atomic E-state index is 0.0666. The van der Waals surface area contributed by atoms with Gasteiger partial charge in [0.25, 0.3) is 0 Å². The van der Waals surface area contributed by atoms with Gasteiger partial charge in [0.05, 0.1) is 19.7 Å². The molecule has 3 rings (SSSR count). The number of thiophene rings is 1. The van der Waals surface area contributed by atoms with E-state index in [2.05, 4.69) is 5.32 Å². The summed E-state index contributed by atoms with van der Waals surface area (Å²) in [5, 5.41) is 5.16. The molecule has 1 aromatic heterocycles. The van der Waals surface area contributed by atoms with E-state index in [4.69, 9.17) is 4.74 Å². The van der Waals surface area contributed by atoms with Crippen LogP contribution >= 0.6 is 11.3 Å². The van der Waals surface area contributed by atoms with Crippen molar-refractivity contribution < 1.29 is 13.9 Å². The molecule has 1 heterocycles. The number of nitrogens with one attached hydrogen (secondary N) is 1. The third-order valence-corrected chi connectivity index (χ3v) is 5.64. The number of halogens is 1. The van der Waals surface area contributed by atoms with Gasteiger partial charge in [-0.3, -0.25) is 9.69 Å². The summed E-state index contributed by atoms with van der Waals surface area (Å²) in [6.45, 7) is 3.38. The summed E-state index contributed by atoms with van der Waals surface area (Å²) in [6, 6.07) is 18.7. The lowest BCUT2D eigenvalue weighted by atomic mass is 10.1. The van der Waals surface area contributed by atoms with Crippen molar-refractivity contribution in [3.8, 4) is 5.75 Å². The first-order chi connectivity index (χ1) is 14.1. The number of hydrogen-bond acceptors (Lipinski definition) is 4. The molecule has 0 saturated heterocycles. The van der Waals surface area contributed by atoms with Gasteiger partial charge < -0.3 is 10.1 Å². The van der Waals surface area contributed by atoms with Crippen LogP contribution in [-0.4, -0.2) is 31.0 Å². The topological polar surface area (TPSA) is 41.6 Å². The van der Waals surface area contributed by atoms with Crippen LogP contribution < -0.4 is 10.1 Å². The molecule has 0 radical (unpaired) electrons. The number of amides is 1. The minimum Gasteiger partial charge on any atom is -0.494 e. The smallest absolute Gasteiger partial charge is 0.234 e. The lowest BCUT2D eigenvalue weighted by Gasteiger charge is -2.23. The predicted octanol–water partition coefficient (Wildman–Crippen LogP) is 4.62. The summed E-state index contributed by atoms with van der Waals surface area (Å²) in [5.41, 5.74) is 1.85. The van der Waals surface area contributed by atoms with Crippen molar-refractivity contribution in [2.75, 3.05) is 20.2 Å². The SMILES string of the molecule is CCN(CC(=O)N[C@H](c1ccccc1)c1cccs1)Cc1ccc(OC)c(F)c1. The number of ether oxygens (including phenoxy) is 1. The summed E-state index contributed by atoms with van der Waals surface area (Å²) in [5.74, 6) is -0.244. The number of carbonyl (C=O) groups excluding carboxylic acids is 1. The van der Waals surface area contributed by atoms with Gasteiger partial charge in [0.2, 0.25) is 5.91 Å². The van der Waals surface area contributed by atoms with Crippen LogP contribution in [0.15, 0.2) is 66.0 Å². The monoisotopic (exact) mass is 412 g/mol. The molecule has 2 aromatic carbocycles. The van der Waals surface area contributed by atoms with E-state index in [0.717, 1.165) is 16.0 Å². The van der Waals surface area contributed by atoms with E-state index >= 15 is 0 Å². The molecule has 1 atom stereocenters. The third-order valence-electron chi connectivity index (χ3n) is 4.70. The number of nitrogens with zero attached hydrogens (tertiary/aromatic N) is 1. The Morgan fingerprint density at radius 1 is 1.17 bits per heavy atom. The second kappa shape index (κ2) is 10.2. The number of hydrogen-bond donors (Lipinski definition) is 1. The fourth-order valence-corrected chi connectivity index (χ4v) is 3.98. The number of likely N-dealkylation sites (N-methyl/N-ethyl adjacent to an activating group) is 1. The molecule has 152 valence electrons. The maximum absolute atomic E-state index is 14.0. The number of benzene rings is 2. The predicted molar refractivity (Wildman–Crippen MR) is 115 cm³/mol. The normalized spacial score (nSPS) is 12.0. The van der Waals surface area contributed by atoms with Crippen molar-refractivity contribution >= 4 is 17.2 Å². The second-order valence-electron chi connectivity index (χ2n) is 6.70. The molecule has 0 aliphatic rings. The molecule has 29 heavy (non-hydrogen) atoms. The fraction of sp³-hybridized carbons (Fsp3) is 0.261. The van der Waals surface area contributed by atoms with E-state index in [9.17, 15) is 9.18 Å². The van der Waals surface area contributed by atoms with Gasteiger partial charge in [-0.15, -0.1) is 11.3 Å². The van der Waals surface area contributed by atoms with E-state index in [1.54, 1.807) is 17.4 Å². The van der Waals surface area contributed by atoms with Crippen molar-refractivity contribution in [1.29, 1.82) is 0 Å². The standard InChI is InChI=1S/C23H25FN2O2S/c1-3-26(15-17-11-12-20(28-2)19(24)14-17)16-22(27)25-23(21-10-7-13-29-21)18-8-5-4-6-9-18/h4-14,23H,3,15-16H2,1-2H3,(H,25,27)/t23-/m1/s1. The van der Waals surface area contributed by atoms with Crippen LogP contribution in [0.3, 0.4) is 0 Å². The van der Waals surface area contributed by atoms with Crippen molar-refractivity contribution in [3.63, 3.8) is 0 Å². The van der Waals surface area contributed by atoms with Gasteiger partial charge >= 0.3 is 0 Å². The van der Waals surface area contributed by atoms with Gasteiger partial charge in [-0.05, 0) is 41.3 Å². The zero-order valence-electron chi connectivity index (χ0n) is 16.6. The van der Waals surface area contributed by atoms with Crippen LogP contribution in [0.25, 0.3) is 0 Å². The molecule has 0 saturated carbocycles. The van der Waals surface area contributed by atoms with Crippen LogP contribution in [0.1, 0.15) is 29.0 Å². The summed E-state index contributed by atoms with van der Waals surface area (Å²) in [6.07, 6.45) is 0. The molecule has 0 aliphatic heterocycles. The molecule has 0 spiro atoms. The Morgan fingerprint density at radius 3 is 2.59 bits per heavy atom. The minimum atomic E-state index is -0.396. The number of methoxy groups -OCH3 is 1. The van der Waals surface area contributed by atoms with E-state index in [1.165, 1.54) is 13.2 Å². The van der Waals surface area contributed by atoms with E-state index < -0.39 is 5.82 Å². The molecule has 1 amide bonds. The molecule has 0 fully saturated rings. The summed E-state index contributed by atoms with van der Waals surface area (Å²) < 4.78 is 18.9. The Morgan fingerprint density at radius 2 is 1.97 bits per heavy atom. The molecule has 6 heteroatoms. The Balaban J connectivity index is 1.67. The fourth-order valence-electron chi connectivity index (χ4n) is 3.18. The van der Waals surface area contributed by atoms with Crippen LogP contribution in [0.5, 0.6) is 5.75 Å². The van der Waals surface area contributed by atoms with Crippen LogP contribution in [0.4, 0.5) is 4.39 Å². The Kier molecular flexibility index (Phi) is 7.38. The molecule has 1 N–H and O–H groups in total. The zero-order valence-corrected chi connectivity index (χ0v) is 17.4. The van der Waals surface area contributed by atoms with Crippen LogP contribution in [-0.2, 0) is 11.3 Å². The van der Waals surface area contributed by atoms with Gasteiger partial charge in [0.15, 0.2) is 11.6 Å². The first-order valence-electron chi connectivity index (χ1n) is 9.53. The second-order valence-corrected chi connectivity index (χ2v) is 7.68. The van der Waals surface area contributed by atoms with E-state index in [1.807, 2.05) is 65.7 Å². The van der Waals surface area contributed by atoms with Crippen molar-refractivity contribution in [2.45, 2.75) is 19.5 Å². The number of rotatable bonds is 9. The van der Waals surface area contributed by atoms with Gasteiger partial charge in [0.1, 0.15) is 0 Å². The van der Waals surface area contributed by atoms with Crippen LogP contribution in [0, 0.1) is 5.82 Å². The highest BCUT2D eigenvalue weighted by molar-refractivity contribution is 7.10. The lowest BCUT2D eigenvalue weighted by Crippen LogP contribution is -2.38. The largest absolute Gasteiger partial charge is 0.494 e. The van der Waals surface area contributed by atoms with Crippen molar-refractivity contribution in [3.05, 3.63) is 87.9 Å². The summed E-state index contributed by atoms with van der Waals surface area (Å²) >= 11 is 1.62. The summed E-state index contributed by atoms with van der Waals surface area (Å²) in [7, 11) is 1.44. The quantitative estimate of drug-likeness (QED) is 0.557. The third kappa shape index (κ3) is 5.65. The highest BCUT2D eigenvalue weighted by Gasteiger charge is 2.19. The molecule has 3 aromatic rings. The maximum atomic E-state index is 14.0. The van der Waals surface area contributed by atoms with E-state index in [0.29, 0.717) is 13.1 Å². The maximum Gasteiger partial charge on any atom is 0.234 e. The molecule has 4 nitrogen and oxygen atoms in total. The Bertz CT molecular complexity index is 916. The highest BCUT2D eigenvalue weighted by atomic mass is 32.1. The molecular weight excluding hydrogens is 387 g/mol. The molecular formula is C23H25FN2O2S. The van der Waals surface area contributed by atoms with Gasteiger partial charge in [-0.2, -0.15) is 0 Å². The first-order valence-corrected chi connectivity index (χ1v) is 10.4. The van der Waals surface area contributed by atoms with Crippen molar-refractivity contribution in [2.24, 2.45) is 0 Å². The van der Waals surface area contributed by atoms with Crippen molar-refractivity contribution in [1.82, 2.24) is 10.2 Å². The molecule has 0 aliphatic carbocycles. The first kappa shape index (κ1) is 21.0. The Hall–Kier alpha value is -2.70. The van der Waals surface area contributed by atoms with Gasteiger partial charge in [-0.1, -0.05) is 49.4 Å². The number of carbonyl (C=O) groups is 1. The highest BCUT2D eigenvalue weighted by Crippen LogP contribution is 2.26. The Labute approximate surface area is 174 Å². The molecule has 0 bridgehead atoms. The average molecular weight is 413 g/mol. The van der Waals surface area contributed by atoms with E-state index in [-0.39, 0.29) is 24.2 Å². The van der Waals surface area contributed by atoms with Gasteiger partial charge in [0, 0.05) is 11.4 Å². The molecule has 0 unspecified atom stereocenters. The zero-order chi connectivity index (χ0) is 20.6. The van der Waals surface area contributed by atoms with Gasteiger partial charge in [-0.25, -0.2) is 4.39 Å². The average Bonchev–Trinajstić information content (AvgIpc) is 3.27. The van der Waals surface area contributed by atoms with Crippen LogP contribution in [0.2, 0.25) is 0 Å². The lowest BCUT2D eigenvalue weighted by molar-refractivity contribution is -0.122.